The predicted molar refractivity (Wildman–Crippen MR) is 96.4 cm³/mol. The molecule has 2 aromatic rings. The van der Waals surface area contributed by atoms with Crippen LogP contribution in [0.4, 0.5) is 10.5 Å². The van der Waals surface area contributed by atoms with Gasteiger partial charge in [0.25, 0.3) is 0 Å². The third-order valence-corrected chi connectivity index (χ3v) is 4.81. The number of nitrogens with zero attached hydrogens (tertiary/aromatic N) is 2. The number of carbonyl (C=O) groups is 1. The second kappa shape index (κ2) is 7.27. The third kappa shape index (κ3) is 3.69. The molecule has 0 unspecified atom stereocenters. The number of oxazole rings is 1. The van der Waals surface area contributed by atoms with E-state index in [1.54, 1.807) is 11.1 Å². The summed E-state index contributed by atoms with van der Waals surface area (Å²) in [5, 5.41) is 12.4. The van der Waals surface area contributed by atoms with Crippen molar-refractivity contribution in [1.29, 1.82) is 0 Å². The molecule has 1 saturated heterocycles. The van der Waals surface area contributed by atoms with Gasteiger partial charge in [0.1, 0.15) is 5.76 Å². The van der Waals surface area contributed by atoms with Crippen molar-refractivity contribution >= 4 is 11.7 Å². The van der Waals surface area contributed by atoms with Crippen LogP contribution in [0.1, 0.15) is 38.9 Å². The Hall–Kier alpha value is -2.34. The number of amides is 2. The highest BCUT2D eigenvalue weighted by atomic mass is 16.4. The zero-order chi connectivity index (χ0) is 18.0. The fourth-order valence-corrected chi connectivity index (χ4v) is 3.12. The van der Waals surface area contributed by atoms with E-state index in [4.69, 9.17) is 4.42 Å². The second-order valence-electron chi connectivity index (χ2n) is 6.94. The maximum atomic E-state index is 12.4. The van der Waals surface area contributed by atoms with E-state index >= 15 is 0 Å². The molecule has 2 heterocycles. The molecule has 0 saturated carbocycles. The Bertz CT molecular complexity index is 724. The number of aromatic nitrogens is 1. The number of rotatable bonds is 4. The van der Waals surface area contributed by atoms with Crippen LogP contribution in [0.5, 0.6) is 0 Å². The molecule has 6 heteroatoms. The fourth-order valence-electron chi connectivity index (χ4n) is 3.12. The number of hydrogen-bond acceptors (Lipinski definition) is 4. The molecule has 25 heavy (non-hydrogen) atoms. The van der Waals surface area contributed by atoms with Crippen LogP contribution in [0.15, 0.2) is 34.9 Å². The molecule has 1 aromatic carbocycles. The third-order valence-electron chi connectivity index (χ3n) is 4.81. The van der Waals surface area contributed by atoms with Crippen molar-refractivity contribution in [3.8, 4) is 11.5 Å². The summed E-state index contributed by atoms with van der Waals surface area (Å²) in [4.78, 5) is 18.4. The molecule has 2 amide bonds. The zero-order valence-corrected chi connectivity index (χ0v) is 14.9. The van der Waals surface area contributed by atoms with Gasteiger partial charge in [-0.2, -0.15) is 0 Å². The summed E-state index contributed by atoms with van der Waals surface area (Å²) in [5.41, 5.74) is 1.58. The number of hydrogen-bond donors (Lipinski definition) is 2. The highest BCUT2D eigenvalue weighted by Crippen LogP contribution is 2.26. The predicted octanol–water partition coefficient (Wildman–Crippen LogP) is 3.70. The average molecular weight is 343 g/mol. The Balaban J connectivity index is 1.67. The van der Waals surface area contributed by atoms with Gasteiger partial charge in [-0.25, -0.2) is 9.78 Å². The van der Waals surface area contributed by atoms with Crippen LogP contribution in [0.3, 0.4) is 0 Å². The average Bonchev–Trinajstić information content (AvgIpc) is 3.22. The normalized spacial score (nSPS) is 20.3. The van der Waals surface area contributed by atoms with E-state index in [0.717, 1.165) is 17.7 Å². The summed E-state index contributed by atoms with van der Waals surface area (Å²) >= 11 is 0. The maximum Gasteiger partial charge on any atom is 0.322 e. The molecule has 2 N–H and O–H groups in total. The number of nitrogens with one attached hydrogen (secondary N) is 1. The first kappa shape index (κ1) is 17.5. The summed E-state index contributed by atoms with van der Waals surface area (Å²) in [6, 6.07) is 7.14. The van der Waals surface area contributed by atoms with Gasteiger partial charge in [-0.1, -0.05) is 20.8 Å². The van der Waals surface area contributed by atoms with Gasteiger partial charge in [0.2, 0.25) is 5.89 Å². The maximum absolute atomic E-state index is 12.4. The molecule has 0 radical (unpaired) electrons. The van der Waals surface area contributed by atoms with Gasteiger partial charge in [-0.15, -0.1) is 0 Å². The summed E-state index contributed by atoms with van der Waals surface area (Å²) in [6.07, 6.45) is 2.67. The van der Waals surface area contributed by atoms with E-state index in [2.05, 4.69) is 31.1 Å². The molecular weight excluding hydrogens is 318 g/mol. The minimum absolute atomic E-state index is 0.00410. The summed E-state index contributed by atoms with van der Waals surface area (Å²) in [6.45, 7) is 6.84. The van der Waals surface area contributed by atoms with Crippen LogP contribution >= 0.6 is 0 Å². The van der Waals surface area contributed by atoms with Crippen LogP contribution in [0.25, 0.3) is 11.5 Å². The number of urea groups is 1. The first-order valence-corrected chi connectivity index (χ1v) is 8.74. The van der Waals surface area contributed by atoms with Crippen molar-refractivity contribution in [2.24, 2.45) is 5.92 Å². The first-order valence-electron chi connectivity index (χ1n) is 8.74. The van der Waals surface area contributed by atoms with Crippen LogP contribution in [-0.4, -0.2) is 40.2 Å². The number of carbonyl (C=O) groups excluding carboxylic acids is 1. The van der Waals surface area contributed by atoms with Crippen molar-refractivity contribution in [2.45, 2.75) is 39.2 Å². The second-order valence-corrected chi connectivity index (χ2v) is 6.94. The molecule has 0 spiro atoms. The van der Waals surface area contributed by atoms with E-state index in [0.29, 0.717) is 30.0 Å². The minimum atomic E-state index is -0.172. The molecule has 1 aliphatic heterocycles. The molecule has 1 aliphatic rings. The van der Waals surface area contributed by atoms with Gasteiger partial charge in [-0.3, -0.25) is 0 Å². The van der Waals surface area contributed by atoms with E-state index in [1.807, 2.05) is 24.3 Å². The molecule has 0 aliphatic carbocycles. The SMILES string of the molecule is CC(C)c1cnc(-c2ccc(NC(=O)N3CC[C@H](C)[C@@H]3CO)cc2)o1. The molecule has 6 nitrogen and oxygen atoms in total. The number of aliphatic hydroxyl groups excluding tert-OH is 1. The van der Waals surface area contributed by atoms with E-state index in [-0.39, 0.29) is 18.7 Å². The van der Waals surface area contributed by atoms with Gasteiger partial charge in [-0.05, 0) is 36.6 Å². The highest BCUT2D eigenvalue weighted by molar-refractivity contribution is 5.90. The largest absolute Gasteiger partial charge is 0.441 e. The number of benzene rings is 1. The van der Waals surface area contributed by atoms with Crippen LogP contribution in [0, 0.1) is 5.92 Å². The summed E-state index contributed by atoms with van der Waals surface area (Å²) in [7, 11) is 0. The molecule has 134 valence electrons. The fraction of sp³-hybridized carbons (Fsp3) is 0.474. The topological polar surface area (TPSA) is 78.6 Å². The van der Waals surface area contributed by atoms with E-state index in [1.165, 1.54) is 0 Å². The lowest BCUT2D eigenvalue weighted by molar-refractivity contribution is 0.152. The summed E-state index contributed by atoms with van der Waals surface area (Å²) in [5.74, 6) is 2.04. The number of likely N-dealkylation sites (tertiary alicyclic amines) is 1. The van der Waals surface area contributed by atoms with Crippen molar-refractivity contribution in [3.05, 3.63) is 36.2 Å². The Morgan fingerprint density at radius 3 is 2.72 bits per heavy atom. The monoisotopic (exact) mass is 343 g/mol. The quantitative estimate of drug-likeness (QED) is 0.887. The molecule has 1 fully saturated rings. The lowest BCUT2D eigenvalue weighted by atomic mass is 10.0. The Labute approximate surface area is 147 Å². The molecular formula is C19H25N3O3. The molecule has 3 rings (SSSR count). The van der Waals surface area contributed by atoms with Crippen molar-refractivity contribution in [2.75, 3.05) is 18.5 Å². The first-order chi connectivity index (χ1) is 12.0. The van der Waals surface area contributed by atoms with Gasteiger partial charge < -0.3 is 19.7 Å². The molecule has 0 bridgehead atoms. The van der Waals surface area contributed by atoms with Crippen molar-refractivity contribution in [3.63, 3.8) is 0 Å². The van der Waals surface area contributed by atoms with Crippen molar-refractivity contribution in [1.82, 2.24) is 9.88 Å². The van der Waals surface area contributed by atoms with Gasteiger partial charge in [0.15, 0.2) is 0 Å². The summed E-state index contributed by atoms with van der Waals surface area (Å²) < 4.78 is 5.74. The lowest BCUT2D eigenvalue weighted by Crippen LogP contribution is -2.42. The minimum Gasteiger partial charge on any atom is -0.441 e. The van der Waals surface area contributed by atoms with Crippen LogP contribution in [-0.2, 0) is 0 Å². The highest BCUT2D eigenvalue weighted by Gasteiger charge is 2.33. The van der Waals surface area contributed by atoms with Crippen LogP contribution in [0.2, 0.25) is 0 Å². The molecule has 1 aromatic heterocycles. The van der Waals surface area contributed by atoms with Gasteiger partial charge in [0, 0.05) is 23.7 Å². The number of aliphatic hydroxyl groups is 1. The Kier molecular flexibility index (Phi) is 5.08. The van der Waals surface area contributed by atoms with Crippen molar-refractivity contribution < 1.29 is 14.3 Å². The van der Waals surface area contributed by atoms with Gasteiger partial charge in [0.05, 0.1) is 18.8 Å². The Morgan fingerprint density at radius 1 is 1.40 bits per heavy atom. The zero-order valence-electron chi connectivity index (χ0n) is 14.9. The van der Waals surface area contributed by atoms with E-state index in [9.17, 15) is 9.90 Å². The smallest absolute Gasteiger partial charge is 0.322 e. The van der Waals surface area contributed by atoms with Crippen LogP contribution < -0.4 is 5.32 Å². The standard InChI is InChI=1S/C19H25N3O3/c1-12(2)17-10-20-18(25-17)14-4-6-15(7-5-14)21-19(24)22-9-8-13(3)16(22)11-23/h4-7,10,12-13,16,23H,8-9,11H2,1-3H3,(H,21,24)/t13-,16-/m0/s1. The lowest BCUT2D eigenvalue weighted by Gasteiger charge is -2.25. The van der Waals surface area contributed by atoms with E-state index < -0.39 is 0 Å². The number of anilines is 1. The Morgan fingerprint density at radius 2 is 2.12 bits per heavy atom. The van der Waals surface area contributed by atoms with Gasteiger partial charge >= 0.3 is 6.03 Å². The molecule has 2 atom stereocenters.